The second kappa shape index (κ2) is 5.55. The van der Waals surface area contributed by atoms with Crippen molar-refractivity contribution in [2.24, 2.45) is 11.3 Å². The molecule has 0 radical (unpaired) electrons. The van der Waals surface area contributed by atoms with Gasteiger partial charge >= 0.3 is 0 Å². The summed E-state index contributed by atoms with van der Waals surface area (Å²) in [6.07, 6.45) is 11.7. The van der Waals surface area contributed by atoms with Crippen molar-refractivity contribution in [3.05, 3.63) is 29.6 Å². The van der Waals surface area contributed by atoms with Crippen LogP contribution in [0.25, 0.3) is 0 Å². The van der Waals surface area contributed by atoms with Crippen molar-refractivity contribution in [2.75, 3.05) is 6.54 Å². The summed E-state index contributed by atoms with van der Waals surface area (Å²) in [5.74, 6) is 1.16. The number of carbonyl (C=O) groups is 1. The van der Waals surface area contributed by atoms with Crippen LogP contribution in [0.1, 0.15) is 49.7 Å². The first kappa shape index (κ1) is 13.6. The lowest BCUT2D eigenvalue weighted by atomic mass is 9.83. The summed E-state index contributed by atoms with van der Waals surface area (Å²) in [6.45, 7) is 2.89. The van der Waals surface area contributed by atoms with Crippen LogP contribution >= 0.6 is 0 Å². The maximum absolute atomic E-state index is 12.4. The van der Waals surface area contributed by atoms with E-state index in [1.807, 2.05) is 12.4 Å². The van der Waals surface area contributed by atoms with E-state index in [2.05, 4.69) is 23.3 Å². The Hall–Kier alpha value is -1.38. The van der Waals surface area contributed by atoms with E-state index in [-0.39, 0.29) is 5.41 Å². The zero-order valence-corrected chi connectivity index (χ0v) is 12.3. The van der Waals surface area contributed by atoms with Gasteiger partial charge in [-0.25, -0.2) is 0 Å². The van der Waals surface area contributed by atoms with E-state index < -0.39 is 0 Å². The van der Waals surface area contributed by atoms with Gasteiger partial charge in [0.25, 0.3) is 0 Å². The number of nitrogens with zero attached hydrogens (tertiary/aromatic N) is 1. The van der Waals surface area contributed by atoms with Gasteiger partial charge in [-0.3, -0.25) is 9.78 Å². The highest BCUT2D eigenvalue weighted by Gasteiger charge is 2.49. The molecule has 1 aromatic rings. The van der Waals surface area contributed by atoms with Crippen molar-refractivity contribution in [2.45, 2.75) is 51.9 Å². The summed E-state index contributed by atoms with van der Waals surface area (Å²) in [4.78, 5) is 16.5. The highest BCUT2D eigenvalue weighted by atomic mass is 16.2. The number of fused-ring (bicyclic) bond motifs is 2. The number of nitrogens with one attached hydrogen (secondary N) is 1. The van der Waals surface area contributed by atoms with E-state index in [0.717, 1.165) is 44.6 Å². The molecule has 0 atom stereocenters. The van der Waals surface area contributed by atoms with E-state index in [0.29, 0.717) is 5.91 Å². The zero-order valence-electron chi connectivity index (χ0n) is 12.3. The number of pyridine rings is 1. The third-order valence-electron chi connectivity index (χ3n) is 5.27. The smallest absolute Gasteiger partial charge is 0.226 e. The normalized spacial score (nSPS) is 27.8. The molecule has 3 nitrogen and oxygen atoms in total. The van der Waals surface area contributed by atoms with E-state index in [9.17, 15) is 4.79 Å². The van der Waals surface area contributed by atoms with E-state index in [1.54, 1.807) is 0 Å². The molecule has 2 aliphatic rings. The topological polar surface area (TPSA) is 42.0 Å². The number of hydrogen-bond donors (Lipinski definition) is 1. The Balaban J connectivity index is 1.44. The summed E-state index contributed by atoms with van der Waals surface area (Å²) < 4.78 is 0. The fourth-order valence-electron chi connectivity index (χ4n) is 3.96. The third-order valence-corrected chi connectivity index (χ3v) is 5.27. The molecule has 0 spiro atoms. The van der Waals surface area contributed by atoms with Gasteiger partial charge in [-0.2, -0.15) is 0 Å². The molecule has 0 aliphatic heterocycles. The number of amides is 1. The summed E-state index contributed by atoms with van der Waals surface area (Å²) in [7, 11) is 0. The van der Waals surface area contributed by atoms with Gasteiger partial charge in [0, 0.05) is 24.4 Å². The third kappa shape index (κ3) is 2.58. The number of rotatable bonds is 5. The Morgan fingerprint density at radius 1 is 1.45 bits per heavy atom. The molecule has 2 saturated carbocycles. The van der Waals surface area contributed by atoms with E-state index in [1.165, 1.54) is 24.0 Å². The number of carbonyl (C=O) groups excluding carboxylic acids is 1. The van der Waals surface area contributed by atoms with E-state index >= 15 is 0 Å². The lowest BCUT2D eigenvalue weighted by Gasteiger charge is -2.25. The molecule has 2 fully saturated rings. The molecule has 0 unspecified atom stereocenters. The Kier molecular flexibility index (Phi) is 3.77. The molecule has 108 valence electrons. The Morgan fingerprint density at radius 2 is 2.25 bits per heavy atom. The molecule has 3 rings (SSSR count). The van der Waals surface area contributed by atoms with Gasteiger partial charge in [0.05, 0.1) is 0 Å². The highest BCUT2D eigenvalue weighted by Crippen LogP contribution is 2.54. The minimum Gasteiger partial charge on any atom is -0.356 e. The molecule has 0 saturated heterocycles. The van der Waals surface area contributed by atoms with Crippen LogP contribution in [0, 0.1) is 18.3 Å². The van der Waals surface area contributed by atoms with Crippen LogP contribution in [0.3, 0.4) is 0 Å². The maximum Gasteiger partial charge on any atom is 0.226 e. The average molecular weight is 272 g/mol. The molecule has 0 aromatic carbocycles. The van der Waals surface area contributed by atoms with Crippen LogP contribution in [0.4, 0.5) is 0 Å². The van der Waals surface area contributed by atoms with Crippen LogP contribution in [-0.4, -0.2) is 17.4 Å². The molecule has 2 aliphatic carbocycles. The van der Waals surface area contributed by atoms with Crippen molar-refractivity contribution >= 4 is 5.91 Å². The summed E-state index contributed by atoms with van der Waals surface area (Å²) in [5, 5.41) is 3.18. The molecule has 1 amide bonds. The molecular formula is C17H24N2O. The van der Waals surface area contributed by atoms with Crippen LogP contribution < -0.4 is 5.32 Å². The van der Waals surface area contributed by atoms with Crippen molar-refractivity contribution in [1.29, 1.82) is 0 Å². The monoisotopic (exact) mass is 272 g/mol. The second-order valence-electron chi connectivity index (χ2n) is 6.59. The maximum atomic E-state index is 12.4. The molecule has 1 heterocycles. The molecular weight excluding hydrogens is 248 g/mol. The average Bonchev–Trinajstić information content (AvgIpc) is 3.07. The molecule has 3 heteroatoms. The van der Waals surface area contributed by atoms with Crippen LogP contribution in [0.2, 0.25) is 0 Å². The first-order valence-corrected chi connectivity index (χ1v) is 7.87. The lowest BCUT2D eigenvalue weighted by Crippen LogP contribution is -2.38. The summed E-state index contributed by atoms with van der Waals surface area (Å²) in [5.41, 5.74) is 2.60. The SMILES string of the molecule is Cc1cnccc1CCCNC(=O)C12CCC(CC1)C2. The highest BCUT2D eigenvalue weighted by molar-refractivity contribution is 5.83. The quantitative estimate of drug-likeness (QED) is 0.837. The number of hydrogen-bond acceptors (Lipinski definition) is 2. The fraction of sp³-hybridized carbons (Fsp3) is 0.647. The van der Waals surface area contributed by atoms with Crippen molar-refractivity contribution in [1.82, 2.24) is 10.3 Å². The standard InChI is InChI=1S/C17H24N2O/c1-13-12-18-10-6-15(13)3-2-9-19-16(20)17-7-4-14(11-17)5-8-17/h6,10,12,14H,2-5,7-9,11H2,1H3,(H,19,20). The first-order chi connectivity index (χ1) is 9.70. The van der Waals surface area contributed by atoms with Crippen LogP contribution in [0.15, 0.2) is 18.5 Å². The predicted octanol–water partition coefficient (Wildman–Crippen LogP) is 3.02. The second-order valence-corrected chi connectivity index (χ2v) is 6.59. The first-order valence-electron chi connectivity index (χ1n) is 7.87. The fourth-order valence-corrected chi connectivity index (χ4v) is 3.96. The van der Waals surface area contributed by atoms with Crippen LogP contribution in [0.5, 0.6) is 0 Å². The largest absolute Gasteiger partial charge is 0.356 e. The van der Waals surface area contributed by atoms with Gasteiger partial charge in [0.2, 0.25) is 5.91 Å². The van der Waals surface area contributed by atoms with Crippen LogP contribution in [-0.2, 0) is 11.2 Å². The van der Waals surface area contributed by atoms with Gasteiger partial charge in [0.1, 0.15) is 0 Å². The van der Waals surface area contributed by atoms with Crippen molar-refractivity contribution < 1.29 is 4.79 Å². The van der Waals surface area contributed by atoms with Crippen molar-refractivity contribution in [3.63, 3.8) is 0 Å². The van der Waals surface area contributed by atoms with Gasteiger partial charge < -0.3 is 5.32 Å². The van der Waals surface area contributed by atoms with Gasteiger partial charge in [-0.05, 0) is 75.0 Å². The van der Waals surface area contributed by atoms with Gasteiger partial charge in [0.15, 0.2) is 0 Å². The molecule has 1 aromatic heterocycles. The molecule has 2 bridgehead atoms. The Bertz CT molecular complexity index is 490. The van der Waals surface area contributed by atoms with Gasteiger partial charge in [-0.1, -0.05) is 0 Å². The number of aryl methyl sites for hydroxylation is 2. The lowest BCUT2D eigenvalue weighted by molar-refractivity contribution is -0.130. The minimum atomic E-state index is 0.0112. The minimum absolute atomic E-state index is 0.0112. The molecule has 20 heavy (non-hydrogen) atoms. The van der Waals surface area contributed by atoms with Gasteiger partial charge in [-0.15, -0.1) is 0 Å². The number of aromatic nitrogens is 1. The molecule has 1 N–H and O–H groups in total. The summed E-state index contributed by atoms with van der Waals surface area (Å²) in [6, 6.07) is 2.08. The Labute approximate surface area is 121 Å². The summed E-state index contributed by atoms with van der Waals surface area (Å²) >= 11 is 0. The zero-order chi connectivity index (χ0) is 14.0. The van der Waals surface area contributed by atoms with E-state index in [4.69, 9.17) is 0 Å². The van der Waals surface area contributed by atoms with Crippen molar-refractivity contribution in [3.8, 4) is 0 Å². The Morgan fingerprint density at radius 3 is 2.90 bits per heavy atom. The predicted molar refractivity (Wildman–Crippen MR) is 79.3 cm³/mol.